The van der Waals surface area contributed by atoms with Crippen LogP contribution in [-0.4, -0.2) is 32.5 Å². The lowest BCUT2D eigenvalue weighted by Gasteiger charge is -2.12. The summed E-state index contributed by atoms with van der Waals surface area (Å²) < 4.78 is 1.88. The monoisotopic (exact) mass is 384 g/mol. The number of hydrogen-bond acceptors (Lipinski definition) is 4. The molecule has 0 radical (unpaired) electrons. The Balaban J connectivity index is 2.36. The number of nitrogens with one attached hydrogen (secondary N) is 1. The molecule has 0 saturated heterocycles. The van der Waals surface area contributed by atoms with Gasteiger partial charge in [-0.3, -0.25) is 9.36 Å². The lowest BCUT2D eigenvalue weighted by Crippen LogP contribution is -2.30. The minimum absolute atomic E-state index is 0.0401. The van der Waals surface area contributed by atoms with Gasteiger partial charge in [0, 0.05) is 23.7 Å². The second-order valence-corrected chi connectivity index (χ2v) is 7.14. The first-order valence-corrected chi connectivity index (χ1v) is 9.05. The first kappa shape index (κ1) is 18.8. The first-order valence-electron chi connectivity index (χ1n) is 7.41. The van der Waals surface area contributed by atoms with Crippen LogP contribution in [0.3, 0.4) is 0 Å². The fraction of sp³-hybridized carbons (Fsp3) is 0.312. The number of thioether (sulfide) groups is 1. The fourth-order valence-corrected chi connectivity index (χ4v) is 3.45. The number of nitrogens with zero attached hydrogens (tertiary/aromatic N) is 3. The van der Waals surface area contributed by atoms with E-state index in [1.807, 2.05) is 18.4 Å². The molecule has 1 aromatic carbocycles. The van der Waals surface area contributed by atoms with Gasteiger partial charge in [-0.05, 0) is 32.0 Å². The molecule has 1 heterocycles. The van der Waals surface area contributed by atoms with Gasteiger partial charge in [-0.15, -0.1) is 16.8 Å². The Hall–Kier alpha value is -1.50. The lowest BCUT2D eigenvalue weighted by molar-refractivity contribution is -0.120. The van der Waals surface area contributed by atoms with Crippen molar-refractivity contribution in [3.8, 4) is 11.4 Å². The Morgan fingerprint density at radius 2 is 2.21 bits per heavy atom. The highest BCUT2D eigenvalue weighted by Crippen LogP contribution is 2.32. The van der Waals surface area contributed by atoms with Crippen LogP contribution >= 0.6 is 35.0 Å². The lowest BCUT2D eigenvalue weighted by atomic mass is 10.2. The molecule has 0 bridgehead atoms. The highest BCUT2D eigenvalue weighted by Gasteiger charge is 2.21. The summed E-state index contributed by atoms with van der Waals surface area (Å²) in [6.45, 7) is 8.59. The molecule has 0 aliphatic carbocycles. The second-order valence-electron chi connectivity index (χ2n) is 4.98. The Labute approximate surface area is 155 Å². The van der Waals surface area contributed by atoms with E-state index in [0.717, 1.165) is 5.56 Å². The Morgan fingerprint density at radius 1 is 1.46 bits per heavy atom. The Kier molecular flexibility index (Phi) is 6.71. The maximum absolute atomic E-state index is 11.9. The van der Waals surface area contributed by atoms with Crippen molar-refractivity contribution in [3.05, 3.63) is 40.9 Å². The van der Waals surface area contributed by atoms with Gasteiger partial charge in [0.2, 0.25) is 5.91 Å². The predicted molar refractivity (Wildman–Crippen MR) is 99.7 cm³/mol. The average molecular weight is 385 g/mol. The molecule has 2 aromatic rings. The maximum atomic E-state index is 11.9. The number of amides is 1. The molecule has 8 heteroatoms. The van der Waals surface area contributed by atoms with E-state index in [1.54, 1.807) is 24.3 Å². The van der Waals surface area contributed by atoms with E-state index in [2.05, 4.69) is 22.1 Å². The number of allylic oxidation sites excluding steroid dienone is 1. The van der Waals surface area contributed by atoms with Crippen molar-refractivity contribution in [1.29, 1.82) is 0 Å². The summed E-state index contributed by atoms with van der Waals surface area (Å²) in [5, 5.41) is 12.6. The van der Waals surface area contributed by atoms with Crippen molar-refractivity contribution < 1.29 is 4.79 Å². The van der Waals surface area contributed by atoms with E-state index < -0.39 is 0 Å². The average Bonchev–Trinajstić information content (AvgIpc) is 2.91. The van der Waals surface area contributed by atoms with E-state index in [-0.39, 0.29) is 11.2 Å². The van der Waals surface area contributed by atoms with Crippen molar-refractivity contribution in [1.82, 2.24) is 20.1 Å². The van der Waals surface area contributed by atoms with Crippen molar-refractivity contribution in [2.24, 2.45) is 0 Å². The molecule has 2 rings (SSSR count). The van der Waals surface area contributed by atoms with Gasteiger partial charge in [0.1, 0.15) is 0 Å². The summed E-state index contributed by atoms with van der Waals surface area (Å²) in [5.41, 5.74) is 0.730. The molecule has 128 valence electrons. The number of rotatable bonds is 7. The number of carbonyl (C=O) groups is 1. The molecular weight excluding hydrogens is 367 g/mol. The number of carbonyl (C=O) groups excluding carboxylic acids is 1. The number of aromatic nitrogens is 3. The Morgan fingerprint density at radius 3 is 2.83 bits per heavy atom. The molecule has 0 aliphatic heterocycles. The summed E-state index contributed by atoms with van der Waals surface area (Å²) in [5.74, 6) is 0.573. The largest absolute Gasteiger partial charge is 0.355 e. The standard InChI is InChI=1S/C16H18Cl2N4OS/c1-4-8-22-14(12-7-6-11(17)9-13(12)18)20-21-16(22)24-10(3)15(23)19-5-2/h4,6-7,9-10H,1,5,8H2,2-3H3,(H,19,23)/t10-/m0/s1. The third-order valence-electron chi connectivity index (χ3n) is 3.20. The molecule has 0 unspecified atom stereocenters. The zero-order valence-electron chi connectivity index (χ0n) is 13.4. The van der Waals surface area contributed by atoms with Crippen molar-refractivity contribution in [2.45, 2.75) is 30.8 Å². The molecular formula is C16H18Cl2N4OS. The van der Waals surface area contributed by atoms with Gasteiger partial charge in [-0.25, -0.2) is 0 Å². The quantitative estimate of drug-likeness (QED) is 0.577. The second kappa shape index (κ2) is 8.55. The van der Waals surface area contributed by atoms with Crippen molar-refractivity contribution >= 4 is 40.9 Å². The predicted octanol–water partition coefficient (Wildman–Crippen LogP) is 4.05. The molecule has 1 aromatic heterocycles. The van der Waals surface area contributed by atoms with Crippen LogP contribution in [0.2, 0.25) is 10.0 Å². The summed E-state index contributed by atoms with van der Waals surface area (Å²) in [6.07, 6.45) is 1.75. The molecule has 0 fully saturated rings. The van der Waals surface area contributed by atoms with Crippen molar-refractivity contribution in [2.75, 3.05) is 6.54 Å². The maximum Gasteiger partial charge on any atom is 0.233 e. The van der Waals surface area contributed by atoms with E-state index in [1.165, 1.54) is 11.8 Å². The third kappa shape index (κ3) is 4.32. The summed E-state index contributed by atoms with van der Waals surface area (Å²) in [7, 11) is 0. The van der Waals surface area contributed by atoms with Crippen LogP contribution in [0.4, 0.5) is 0 Å². The highest BCUT2D eigenvalue weighted by atomic mass is 35.5. The van der Waals surface area contributed by atoms with Crippen LogP contribution in [0.5, 0.6) is 0 Å². The van der Waals surface area contributed by atoms with Gasteiger partial charge in [0.25, 0.3) is 0 Å². The molecule has 0 aliphatic rings. The summed E-state index contributed by atoms with van der Waals surface area (Å²) >= 11 is 13.6. The highest BCUT2D eigenvalue weighted by molar-refractivity contribution is 8.00. The molecule has 24 heavy (non-hydrogen) atoms. The first-order chi connectivity index (χ1) is 11.5. The SMILES string of the molecule is C=CCn1c(S[C@@H](C)C(=O)NCC)nnc1-c1ccc(Cl)cc1Cl. The summed E-state index contributed by atoms with van der Waals surface area (Å²) in [4.78, 5) is 11.9. The van der Waals surface area contributed by atoms with Crippen molar-refractivity contribution in [3.63, 3.8) is 0 Å². The number of benzene rings is 1. The fourth-order valence-electron chi connectivity index (χ4n) is 2.07. The van der Waals surface area contributed by atoms with Crippen LogP contribution in [0, 0.1) is 0 Å². The minimum atomic E-state index is -0.286. The van der Waals surface area contributed by atoms with E-state index in [0.29, 0.717) is 34.1 Å². The van der Waals surface area contributed by atoms with E-state index >= 15 is 0 Å². The molecule has 1 atom stereocenters. The molecule has 1 N–H and O–H groups in total. The minimum Gasteiger partial charge on any atom is -0.355 e. The van der Waals surface area contributed by atoms with Gasteiger partial charge >= 0.3 is 0 Å². The molecule has 0 spiro atoms. The topological polar surface area (TPSA) is 59.8 Å². The van der Waals surface area contributed by atoms with Gasteiger partial charge in [0.15, 0.2) is 11.0 Å². The zero-order valence-corrected chi connectivity index (χ0v) is 15.8. The Bertz CT molecular complexity index is 748. The van der Waals surface area contributed by atoms with Crippen LogP contribution in [0.1, 0.15) is 13.8 Å². The smallest absolute Gasteiger partial charge is 0.233 e. The van der Waals surface area contributed by atoms with Gasteiger partial charge in [-0.1, -0.05) is 41.0 Å². The van der Waals surface area contributed by atoms with Crippen LogP contribution in [-0.2, 0) is 11.3 Å². The van der Waals surface area contributed by atoms with E-state index in [9.17, 15) is 4.79 Å². The summed E-state index contributed by atoms with van der Waals surface area (Å²) in [6, 6.07) is 5.21. The molecule has 0 saturated carbocycles. The van der Waals surface area contributed by atoms with Gasteiger partial charge in [-0.2, -0.15) is 0 Å². The number of hydrogen-bond donors (Lipinski definition) is 1. The van der Waals surface area contributed by atoms with E-state index in [4.69, 9.17) is 23.2 Å². The van der Waals surface area contributed by atoms with Gasteiger partial charge in [0.05, 0.1) is 10.3 Å². The number of halogens is 2. The molecule has 5 nitrogen and oxygen atoms in total. The molecule has 1 amide bonds. The normalized spacial score (nSPS) is 12.0. The van der Waals surface area contributed by atoms with Crippen LogP contribution in [0.25, 0.3) is 11.4 Å². The van der Waals surface area contributed by atoms with Gasteiger partial charge < -0.3 is 5.32 Å². The zero-order chi connectivity index (χ0) is 17.7. The van der Waals surface area contributed by atoms with Crippen LogP contribution in [0.15, 0.2) is 36.0 Å². The van der Waals surface area contributed by atoms with Crippen LogP contribution < -0.4 is 5.32 Å². The third-order valence-corrected chi connectivity index (χ3v) is 4.83.